The quantitative estimate of drug-likeness (QED) is 0.895. The predicted octanol–water partition coefficient (Wildman–Crippen LogP) is 3.92. The van der Waals surface area contributed by atoms with Gasteiger partial charge in [0, 0.05) is 5.56 Å². The van der Waals surface area contributed by atoms with E-state index in [1.807, 2.05) is 24.3 Å². The summed E-state index contributed by atoms with van der Waals surface area (Å²) in [5, 5.41) is 4.09. The third kappa shape index (κ3) is 4.03. The van der Waals surface area contributed by atoms with Crippen LogP contribution in [0.15, 0.2) is 28.8 Å². The van der Waals surface area contributed by atoms with Crippen LogP contribution in [0.5, 0.6) is 5.75 Å². The smallest absolute Gasteiger partial charge is 0.257 e. The molecule has 1 saturated carbocycles. The lowest BCUT2D eigenvalue weighted by atomic mass is 9.99. The van der Waals surface area contributed by atoms with Gasteiger partial charge >= 0.3 is 0 Å². The first kappa shape index (κ1) is 17.8. The Labute approximate surface area is 143 Å². The third-order valence-corrected chi connectivity index (χ3v) is 4.05. The van der Waals surface area contributed by atoms with Crippen molar-refractivity contribution >= 4 is 12.4 Å². The van der Waals surface area contributed by atoms with Crippen molar-refractivity contribution in [1.29, 1.82) is 0 Å². The highest BCUT2D eigenvalue weighted by molar-refractivity contribution is 5.85. The van der Waals surface area contributed by atoms with Gasteiger partial charge in [0.2, 0.25) is 0 Å². The molecule has 1 aliphatic rings. The van der Waals surface area contributed by atoms with Crippen LogP contribution in [0.4, 0.5) is 0 Å². The van der Waals surface area contributed by atoms with Gasteiger partial charge in [-0.1, -0.05) is 31.8 Å². The molecule has 3 rings (SSSR count). The van der Waals surface area contributed by atoms with Crippen molar-refractivity contribution in [2.24, 2.45) is 11.7 Å². The Balaban J connectivity index is 0.00000192. The average molecular weight is 338 g/mol. The number of nitrogens with zero attached hydrogens (tertiary/aromatic N) is 2. The highest BCUT2D eigenvalue weighted by atomic mass is 35.5. The van der Waals surface area contributed by atoms with Crippen LogP contribution in [-0.4, -0.2) is 16.7 Å². The number of rotatable bonds is 5. The summed E-state index contributed by atoms with van der Waals surface area (Å²) in [5.41, 5.74) is 6.83. The zero-order valence-corrected chi connectivity index (χ0v) is 14.4. The highest BCUT2D eigenvalue weighted by Crippen LogP contribution is 2.35. The first-order valence-corrected chi connectivity index (χ1v) is 7.93. The molecule has 0 radical (unpaired) electrons. The third-order valence-electron chi connectivity index (χ3n) is 4.05. The van der Waals surface area contributed by atoms with E-state index in [2.05, 4.69) is 24.0 Å². The summed E-state index contributed by atoms with van der Waals surface area (Å²) in [6.07, 6.45) is 4.10. The van der Waals surface area contributed by atoms with Crippen LogP contribution in [0, 0.1) is 5.92 Å². The van der Waals surface area contributed by atoms with Gasteiger partial charge < -0.3 is 15.0 Å². The molecule has 1 aromatic heterocycles. The van der Waals surface area contributed by atoms with E-state index < -0.39 is 5.54 Å². The molecule has 5 nitrogen and oxygen atoms in total. The summed E-state index contributed by atoms with van der Waals surface area (Å²) >= 11 is 0. The molecule has 0 bridgehead atoms. The van der Waals surface area contributed by atoms with E-state index in [1.54, 1.807) is 0 Å². The molecule has 1 aliphatic carbocycles. The van der Waals surface area contributed by atoms with Gasteiger partial charge in [-0.2, -0.15) is 4.98 Å². The Hall–Kier alpha value is -1.59. The normalized spacial score (nSPS) is 16.3. The van der Waals surface area contributed by atoms with E-state index in [1.165, 1.54) is 0 Å². The number of ether oxygens (including phenoxy) is 1. The summed E-state index contributed by atoms with van der Waals surface area (Å²) in [7, 11) is 0. The molecule has 126 valence electrons. The van der Waals surface area contributed by atoms with Crippen molar-refractivity contribution in [3.05, 3.63) is 30.1 Å². The summed E-state index contributed by atoms with van der Waals surface area (Å²) in [6.45, 7) is 4.96. The van der Waals surface area contributed by atoms with Crippen LogP contribution in [-0.2, 0) is 5.54 Å². The average Bonchev–Trinajstić information content (AvgIpc) is 3.15. The molecule has 0 atom stereocenters. The molecule has 1 heterocycles. The minimum absolute atomic E-state index is 0. The van der Waals surface area contributed by atoms with Crippen LogP contribution < -0.4 is 10.5 Å². The summed E-state index contributed by atoms with van der Waals surface area (Å²) < 4.78 is 11.1. The zero-order chi connectivity index (χ0) is 15.6. The van der Waals surface area contributed by atoms with Gasteiger partial charge in [-0.05, 0) is 43.0 Å². The van der Waals surface area contributed by atoms with Crippen molar-refractivity contribution < 1.29 is 9.26 Å². The lowest BCUT2D eigenvalue weighted by Gasteiger charge is -2.17. The highest BCUT2D eigenvalue weighted by Gasteiger charge is 2.36. The second-order valence-corrected chi connectivity index (χ2v) is 6.52. The number of benzene rings is 1. The van der Waals surface area contributed by atoms with Crippen molar-refractivity contribution in [3.8, 4) is 17.2 Å². The van der Waals surface area contributed by atoms with Gasteiger partial charge in [0.25, 0.3) is 5.89 Å². The molecule has 0 aliphatic heterocycles. The maximum atomic E-state index is 6.36. The van der Waals surface area contributed by atoms with Crippen molar-refractivity contribution in [3.63, 3.8) is 0 Å². The Kier molecular flexibility index (Phi) is 5.65. The standard InChI is InChI=1S/C17H23N3O2.ClH/c1-12(2)11-21-14-7-5-13(6-8-14)15-19-16(20-22-15)17(18)9-3-4-10-17;/h5-8,12H,3-4,9-11,18H2,1-2H3;1H. The van der Waals surface area contributed by atoms with E-state index in [9.17, 15) is 0 Å². The predicted molar refractivity (Wildman–Crippen MR) is 91.6 cm³/mol. The summed E-state index contributed by atoms with van der Waals surface area (Å²) in [6, 6.07) is 7.72. The van der Waals surface area contributed by atoms with Crippen molar-refractivity contribution in [2.75, 3.05) is 6.61 Å². The SMILES string of the molecule is CC(C)COc1ccc(-c2nc(C3(N)CCCC3)no2)cc1.Cl. The van der Waals surface area contributed by atoms with Crippen LogP contribution in [0.25, 0.3) is 11.5 Å². The molecular weight excluding hydrogens is 314 g/mol. The minimum atomic E-state index is -0.415. The number of nitrogens with two attached hydrogens (primary N) is 1. The lowest BCUT2D eigenvalue weighted by Crippen LogP contribution is -2.34. The van der Waals surface area contributed by atoms with E-state index in [4.69, 9.17) is 15.0 Å². The fraction of sp³-hybridized carbons (Fsp3) is 0.529. The van der Waals surface area contributed by atoms with Crippen molar-refractivity contribution in [2.45, 2.75) is 45.1 Å². The molecule has 1 aromatic carbocycles. The molecule has 0 saturated heterocycles. The maximum Gasteiger partial charge on any atom is 0.257 e. The lowest BCUT2D eigenvalue weighted by molar-refractivity contribution is 0.271. The molecule has 23 heavy (non-hydrogen) atoms. The fourth-order valence-corrected chi connectivity index (χ4v) is 2.73. The van der Waals surface area contributed by atoms with E-state index >= 15 is 0 Å². The van der Waals surface area contributed by atoms with Gasteiger partial charge in [0.15, 0.2) is 5.82 Å². The van der Waals surface area contributed by atoms with Crippen LogP contribution in [0.2, 0.25) is 0 Å². The summed E-state index contributed by atoms with van der Waals surface area (Å²) in [5.74, 6) is 2.50. The summed E-state index contributed by atoms with van der Waals surface area (Å²) in [4.78, 5) is 4.49. The Morgan fingerprint density at radius 3 is 2.48 bits per heavy atom. The number of aromatic nitrogens is 2. The van der Waals surface area contributed by atoms with Crippen LogP contribution in [0.1, 0.15) is 45.4 Å². The van der Waals surface area contributed by atoms with E-state index in [0.29, 0.717) is 24.2 Å². The number of hydrogen-bond acceptors (Lipinski definition) is 5. The molecule has 0 unspecified atom stereocenters. The molecule has 6 heteroatoms. The Morgan fingerprint density at radius 1 is 1.22 bits per heavy atom. The van der Waals surface area contributed by atoms with Crippen molar-refractivity contribution in [1.82, 2.24) is 10.1 Å². The van der Waals surface area contributed by atoms with Gasteiger partial charge in [-0.25, -0.2) is 0 Å². The largest absolute Gasteiger partial charge is 0.493 e. The topological polar surface area (TPSA) is 74.2 Å². The number of hydrogen-bond donors (Lipinski definition) is 1. The van der Waals surface area contributed by atoms with Crippen LogP contribution in [0.3, 0.4) is 0 Å². The van der Waals surface area contributed by atoms with Gasteiger partial charge in [-0.3, -0.25) is 0 Å². The molecule has 0 amide bonds. The second-order valence-electron chi connectivity index (χ2n) is 6.52. The maximum absolute atomic E-state index is 6.36. The second kappa shape index (κ2) is 7.32. The molecule has 0 spiro atoms. The molecule has 1 fully saturated rings. The Bertz CT molecular complexity index is 619. The molecule has 2 aromatic rings. The monoisotopic (exact) mass is 337 g/mol. The van der Waals surface area contributed by atoms with E-state index in [0.717, 1.165) is 37.0 Å². The minimum Gasteiger partial charge on any atom is -0.493 e. The molecule has 2 N–H and O–H groups in total. The first-order valence-electron chi connectivity index (χ1n) is 7.93. The first-order chi connectivity index (χ1) is 10.6. The molecular formula is C17H24ClN3O2. The fourth-order valence-electron chi connectivity index (χ4n) is 2.73. The Morgan fingerprint density at radius 2 is 1.87 bits per heavy atom. The van der Waals surface area contributed by atoms with Gasteiger partial charge in [0.05, 0.1) is 12.1 Å². The van der Waals surface area contributed by atoms with Gasteiger partial charge in [0.1, 0.15) is 5.75 Å². The number of halogens is 1. The van der Waals surface area contributed by atoms with Crippen LogP contribution >= 0.6 is 12.4 Å². The van der Waals surface area contributed by atoms with Gasteiger partial charge in [-0.15, -0.1) is 12.4 Å². The zero-order valence-electron chi connectivity index (χ0n) is 13.6. The van der Waals surface area contributed by atoms with E-state index in [-0.39, 0.29) is 12.4 Å².